The number of allylic oxidation sites excluding steroid dienone is 1. The van der Waals surface area contributed by atoms with E-state index >= 15 is 0 Å². The number of rotatable bonds is 3. The van der Waals surface area contributed by atoms with Crippen LogP contribution in [0.5, 0.6) is 0 Å². The number of thiophene rings is 1. The van der Waals surface area contributed by atoms with E-state index in [1.165, 1.54) is 15.6 Å². The maximum atomic E-state index is 7.48. The number of benzene rings is 1. The standard InChI is InChI=1S/C14H16N2S.ClH/c1-9(2)6-7-10-4-3-5-12-11(10)8-13(17-12)14(15)16;/h3-9H,1-2H3,(H3,15,16);1H/b7-6+;. The van der Waals surface area contributed by atoms with Crippen molar-refractivity contribution in [2.75, 3.05) is 0 Å². The molecule has 0 aliphatic rings. The average molecular weight is 281 g/mol. The number of nitrogens with two attached hydrogens (primary N) is 1. The summed E-state index contributed by atoms with van der Waals surface area (Å²) in [6.45, 7) is 4.32. The zero-order valence-electron chi connectivity index (χ0n) is 10.4. The molecular formula is C14H17ClN2S. The molecule has 2 rings (SSSR count). The Hall–Kier alpha value is -1.32. The molecule has 0 saturated heterocycles. The molecule has 1 heterocycles. The predicted molar refractivity (Wildman–Crippen MR) is 84.0 cm³/mol. The van der Waals surface area contributed by atoms with Gasteiger partial charge in [0.15, 0.2) is 0 Å². The highest BCUT2D eigenvalue weighted by Gasteiger charge is 2.06. The topological polar surface area (TPSA) is 49.9 Å². The van der Waals surface area contributed by atoms with E-state index in [0.29, 0.717) is 5.92 Å². The molecule has 0 saturated carbocycles. The quantitative estimate of drug-likeness (QED) is 0.640. The summed E-state index contributed by atoms with van der Waals surface area (Å²) in [5, 5.41) is 8.66. The molecule has 0 amide bonds. The second-order valence-electron chi connectivity index (χ2n) is 4.39. The van der Waals surface area contributed by atoms with Gasteiger partial charge < -0.3 is 5.73 Å². The Labute approximate surface area is 117 Å². The lowest BCUT2D eigenvalue weighted by Crippen LogP contribution is -2.08. The van der Waals surface area contributed by atoms with Crippen LogP contribution in [0.1, 0.15) is 24.3 Å². The molecule has 3 N–H and O–H groups in total. The Morgan fingerprint density at radius 2 is 2.11 bits per heavy atom. The van der Waals surface area contributed by atoms with Crippen molar-refractivity contribution in [3.63, 3.8) is 0 Å². The highest BCUT2D eigenvalue weighted by molar-refractivity contribution is 7.20. The van der Waals surface area contributed by atoms with E-state index in [9.17, 15) is 0 Å². The van der Waals surface area contributed by atoms with Crippen LogP contribution in [0.25, 0.3) is 16.2 Å². The number of amidine groups is 1. The fraction of sp³-hybridized carbons (Fsp3) is 0.214. The third-order valence-corrected chi connectivity index (χ3v) is 3.65. The summed E-state index contributed by atoms with van der Waals surface area (Å²) in [7, 11) is 0. The first-order valence-corrected chi connectivity index (χ1v) is 6.44. The molecule has 0 spiro atoms. The smallest absolute Gasteiger partial charge is 0.133 e. The summed E-state index contributed by atoms with van der Waals surface area (Å²) >= 11 is 1.57. The van der Waals surface area contributed by atoms with Crippen molar-refractivity contribution in [1.29, 1.82) is 5.41 Å². The van der Waals surface area contributed by atoms with Crippen LogP contribution < -0.4 is 5.73 Å². The summed E-state index contributed by atoms with van der Waals surface area (Å²) in [5.41, 5.74) is 6.72. The molecule has 0 bridgehead atoms. The predicted octanol–water partition coefficient (Wildman–Crippen LogP) is 4.28. The van der Waals surface area contributed by atoms with Crippen molar-refractivity contribution >= 4 is 45.7 Å². The molecule has 96 valence electrons. The van der Waals surface area contributed by atoms with E-state index in [1.54, 1.807) is 11.3 Å². The van der Waals surface area contributed by atoms with Crippen molar-refractivity contribution in [2.24, 2.45) is 11.7 Å². The highest BCUT2D eigenvalue weighted by Crippen LogP contribution is 2.29. The third-order valence-electron chi connectivity index (χ3n) is 2.52. The van der Waals surface area contributed by atoms with Gasteiger partial charge in [-0.15, -0.1) is 23.7 Å². The zero-order chi connectivity index (χ0) is 12.4. The molecule has 0 atom stereocenters. The van der Waals surface area contributed by atoms with Crippen LogP contribution >= 0.6 is 23.7 Å². The number of fused-ring (bicyclic) bond motifs is 1. The number of nitrogens with one attached hydrogen (secondary N) is 1. The van der Waals surface area contributed by atoms with Gasteiger partial charge in [0.05, 0.1) is 4.88 Å². The van der Waals surface area contributed by atoms with Crippen LogP contribution in [0, 0.1) is 11.3 Å². The molecular weight excluding hydrogens is 264 g/mol. The number of hydrogen-bond acceptors (Lipinski definition) is 2. The molecule has 1 aromatic carbocycles. The lowest BCUT2D eigenvalue weighted by molar-refractivity contribution is 0.836. The maximum Gasteiger partial charge on any atom is 0.133 e. The summed E-state index contributed by atoms with van der Waals surface area (Å²) in [5.74, 6) is 0.682. The Morgan fingerprint density at radius 1 is 1.39 bits per heavy atom. The van der Waals surface area contributed by atoms with E-state index < -0.39 is 0 Å². The van der Waals surface area contributed by atoms with Gasteiger partial charge in [-0.3, -0.25) is 5.41 Å². The van der Waals surface area contributed by atoms with E-state index in [4.69, 9.17) is 11.1 Å². The normalized spacial score (nSPS) is 11.1. The minimum Gasteiger partial charge on any atom is -0.383 e. The van der Waals surface area contributed by atoms with E-state index in [1.807, 2.05) is 12.1 Å². The van der Waals surface area contributed by atoms with Crippen LogP contribution in [0.2, 0.25) is 0 Å². The number of nitrogen functional groups attached to an aromatic ring is 1. The van der Waals surface area contributed by atoms with Crippen LogP contribution in [0.3, 0.4) is 0 Å². The van der Waals surface area contributed by atoms with Gasteiger partial charge in [0.25, 0.3) is 0 Å². The highest BCUT2D eigenvalue weighted by atomic mass is 35.5. The van der Waals surface area contributed by atoms with E-state index in [2.05, 4.69) is 38.1 Å². The van der Waals surface area contributed by atoms with Gasteiger partial charge >= 0.3 is 0 Å². The summed E-state index contributed by atoms with van der Waals surface area (Å²) in [4.78, 5) is 0.838. The molecule has 0 unspecified atom stereocenters. The molecule has 1 aromatic heterocycles. The van der Waals surface area contributed by atoms with Crippen LogP contribution in [-0.2, 0) is 0 Å². The Morgan fingerprint density at radius 3 is 2.72 bits per heavy atom. The third kappa shape index (κ3) is 3.12. The molecule has 0 aliphatic heterocycles. The van der Waals surface area contributed by atoms with Crippen molar-refractivity contribution < 1.29 is 0 Å². The van der Waals surface area contributed by atoms with Crippen molar-refractivity contribution in [3.05, 3.63) is 40.8 Å². The van der Waals surface area contributed by atoms with Crippen LogP contribution in [0.4, 0.5) is 0 Å². The minimum atomic E-state index is 0. The Balaban J connectivity index is 0.00000162. The van der Waals surface area contributed by atoms with Gasteiger partial charge in [-0.2, -0.15) is 0 Å². The zero-order valence-corrected chi connectivity index (χ0v) is 12.1. The molecule has 4 heteroatoms. The van der Waals surface area contributed by atoms with Crippen molar-refractivity contribution in [1.82, 2.24) is 0 Å². The molecule has 2 nitrogen and oxygen atoms in total. The van der Waals surface area contributed by atoms with E-state index in [-0.39, 0.29) is 18.2 Å². The molecule has 0 aliphatic carbocycles. The lowest BCUT2D eigenvalue weighted by Gasteiger charge is -1.97. The fourth-order valence-electron chi connectivity index (χ4n) is 1.66. The first-order valence-electron chi connectivity index (χ1n) is 5.63. The molecule has 0 fully saturated rings. The lowest BCUT2D eigenvalue weighted by atomic mass is 10.1. The maximum absolute atomic E-state index is 7.48. The monoisotopic (exact) mass is 280 g/mol. The first-order chi connectivity index (χ1) is 8.08. The second-order valence-corrected chi connectivity index (χ2v) is 5.47. The molecule has 18 heavy (non-hydrogen) atoms. The largest absolute Gasteiger partial charge is 0.383 e. The van der Waals surface area contributed by atoms with Gasteiger partial charge in [-0.25, -0.2) is 0 Å². The Bertz CT molecular complexity index is 584. The number of hydrogen-bond donors (Lipinski definition) is 2. The van der Waals surface area contributed by atoms with Crippen LogP contribution in [-0.4, -0.2) is 5.84 Å². The number of halogens is 1. The van der Waals surface area contributed by atoms with Gasteiger partial charge in [-0.05, 0) is 23.6 Å². The minimum absolute atomic E-state index is 0. The molecule has 2 aromatic rings. The second kappa shape index (κ2) is 6.03. The molecule has 0 radical (unpaired) electrons. The van der Waals surface area contributed by atoms with Crippen LogP contribution in [0.15, 0.2) is 30.3 Å². The van der Waals surface area contributed by atoms with Crippen molar-refractivity contribution in [3.8, 4) is 0 Å². The summed E-state index contributed by atoms with van der Waals surface area (Å²) in [6, 6.07) is 8.21. The fourth-order valence-corrected chi connectivity index (χ4v) is 2.61. The van der Waals surface area contributed by atoms with Gasteiger partial charge in [0, 0.05) is 10.1 Å². The first kappa shape index (κ1) is 14.7. The van der Waals surface area contributed by atoms with Crippen molar-refractivity contribution in [2.45, 2.75) is 13.8 Å². The van der Waals surface area contributed by atoms with Gasteiger partial charge in [-0.1, -0.05) is 38.1 Å². The average Bonchev–Trinajstić information content (AvgIpc) is 2.70. The van der Waals surface area contributed by atoms with Gasteiger partial charge in [0.1, 0.15) is 5.84 Å². The van der Waals surface area contributed by atoms with Gasteiger partial charge in [0.2, 0.25) is 0 Å². The Kier molecular flexibility index (Phi) is 4.93. The van der Waals surface area contributed by atoms with E-state index in [0.717, 1.165) is 4.88 Å². The summed E-state index contributed by atoms with van der Waals surface area (Å²) in [6.07, 6.45) is 4.32. The summed E-state index contributed by atoms with van der Waals surface area (Å²) < 4.78 is 1.18. The SMILES string of the molecule is CC(C)/C=C/c1cccc2sc(C(=N)N)cc12.Cl.